The van der Waals surface area contributed by atoms with Gasteiger partial charge in [0.25, 0.3) is 0 Å². The Morgan fingerprint density at radius 3 is 2.78 bits per heavy atom. The van der Waals surface area contributed by atoms with E-state index >= 15 is 0 Å². The van der Waals surface area contributed by atoms with Crippen molar-refractivity contribution in [3.8, 4) is 5.75 Å². The van der Waals surface area contributed by atoms with Crippen molar-refractivity contribution in [1.29, 1.82) is 0 Å². The molecule has 0 bridgehead atoms. The first-order valence-corrected chi connectivity index (χ1v) is 6.23. The molecular formula is C13H18ClNO3. The van der Waals surface area contributed by atoms with Crippen molar-refractivity contribution in [3.63, 3.8) is 0 Å². The van der Waals surface area contributed by atoms with Crippen LogP contribution in [0.25, 0.3) is 0 Å². The van der Waals surface area contributed by atoms with E-state index in [1.54, 1.807) is 19.1 Å². The molecule has 0 saturated heterocycles. The molecule has 5 heteroatoms. The quantitative estimate of drug-likeness (QED) is 0.806. The van der Waals surface area contributed by atoms with Crippen LogP contribution in [0.4, 0.5) is 0 Å². The van der Waals surface area contributed by atoms with Gasteiger partial charge in [-0.05, 0) is 38.0 Å². The lowest BCUT2D eigenvalue weighted by atomic mass is 10.1. The second-order valence-electron chi connectivity index (χ2n) is 4.04. The predicted octanol–water partition coefficient (Wildman–Crippen LogP) is 2.17. The molecule has 0 saturated carbocycles. The van der Waals surface area contributed by atoms with Gasteiger partial charge in [-0.1, -0.05) is 17.7 Å². The molecule has 0 radical (unpaired) electrons. The Morgan fingerprint density at radius 2 is 2.22 bits per heavy atom. The molecule has 1 aromatic carbocycles. The summed E-state index contributed by atoms with van der Waals surface area (Å²) in [5.41, 5.74) is 6.75. The summed E-state index contributed by atoms with van der Waals surface area (Å²) >= 11 is 6.06. The number of nitrogens with two attached hydrogens (primary N) is 1. The van der Waals surface area contributed by atoms with Gasteiger partial charge in [0.1, 0.15) is 5.75 Å². The van der Waals surface area contributed by atoms with Gasteiger partial charge in [0.05, 0.1) is 11.6 Å². The number of halogens is 1. The molecule has 1 atom stereocenters. The first-order chi connectivity index (χ1) is 8.52. The number of hydrogen-bond donors (Lipinski definition) is 1. The summed E-state index contributed by atoms with van der Waals surface area (Å²) in [6, 6.07) is 5.49. The number of esters is 1. The van der Waals surface area contributed by atoms with Crippen molar-refractivity contribution in [2.45, 2.75) is 26.3 Å². The monoisotopic (exact) mass is 271 g/mol. The molecule has 0 heterocycles. The van der Waals surface area contributed by atoms with Crippen LogP contribution in [-0.2, 0) is 16.0 Å². The molecule has 1 aromatic rings. The van der Waals surface area contributed by atoms with Gasteiger partial charge < -0.3 is 15.2 Å². The molecule has 0 aliphatic rings. The Balaban J connectivity index is 2.59. The van der Waals surface area contributed by atoms with Crippen LogP contribution in [0.5, 0.6) is 5.75 Å². The first-order valence-electron chi connectivity index (χ1n) is 5.85. The van der Waals surface area contributed by atoms with Gasteiger partial charge in [-0.25, -0.2) is 4.79 Å². The summed E-state index contributed by atoms with van der Waals surface area (Å²) in [7, 11) is 0. The Morgan fingerprint density at radius 1 is 1.50 bits per heavy atom. The van der Waals surface area contributed by atoms with E-state index in [9.17, 15) is 4.79 Å². The fraction of sp³-hybridized carbons (Fsp3) is 0.462. The maximum Gasteiger partial charge on any atom is 0.344 e. The average molecular weight is 272 g/mol. The predicted molar refractivity (Wildman–Crippen MR) is 70.9 cm³/mol. The molecule has 0 aromatic heterocycles. The van der Waals surface area contributed by atoms with E-state index in [-0.39, 0.29) is 12.6 Å². The SMILES string of the molecule is CCOC(=O)COc1ccc(CC(C)N)cc1Cl. The largest absolute Gasteiger partial charge is 0.480 e. The van der Waals surface area contributed by atoms with Crippen molar-refractivity contribution in [2.24, 2.45) is 5.73 Å². The zero-order chi connectivity index (χ0) is 13.5. The van der Waals surface area contributed by atoms with E-state index in [0.717, 1.165) is 12.0 Å². The van der Waals surface area contributed by atoms with Crippen LogP contribution < -0.4 is 10.5 Å². The number of hydrogen-bond acceptors (Lipinski definition) is 4. The number of carbonyl (C=O) groups excluding carboxylic acids is 1. The Kier molecular flexibility index (Phi) is 5.95. The van der Waals surface area contributed by atoms with E-state index in [1.807, 2.05) is 13.0 Å². The van der Waals surface area contributed by atoms with Crippen molar-refractivity contribution in [1.82, 2.24) is 0 Å². The number of benzene rings is 1. The molecule has 0 aliphatic carbocycles. The summed E-state index contributed by atoms with van der Waals surface area (Å²) in [6.45, 7) is 3.87. The minimum absolute atomic E-state index is 0.0763. The Hall–Kier alpha value is -1.26. The van der Waals surface area contributed by atoms with Crippen LogP contribution in [-0.4, -0.2) is 25.2 Å². The molecule has 1 unspecified atom stereocenters. The number of rotatable bonds is 6. The summed E-state index contributed by atoms with van der Waals surface area (Å²) in [4.78, 5) is 11.1. The van der Waals surface area contributed by atoms with Gasteiger partial charge in [0.2, 0.25) is 0 Å². The lowest BCUT2D eigenvalue weighted by molar-refractivity contribution is -0.145. The maximum atomic E-state index is 11.1. The fourth-order valence-corrected chi connectivity index (χ4v) is 1.76. The second kappa shape index (κ2) is 7.24. The molecular weight excluding hydrogens is 254 g/mol. The molecule has 0 amide bonds. The average Bonchev–Trinajstić information content (AvgIpc) is 2.27. The number of carbonyl (C=O) groups is 1. The van der Waals surface area contributed by atoms with Crippen LogP contribution >= 0.6 is 11.6 Å². The minimum Gasteiger partial charge on any atom is -0.480 e. The molecule has 0 fully saturated rings. The Labute approximate surface area is 112 Å². The van der Waals surface area contributed by atoms with Gasteiger partial charge in [0, 0.05) is 6.04 Å². The lowest BCUT2D eigenvalue weighted by Gasteiger charge is -2.10. The van der Waals surface area contributed by atoms with Crippen molar-refractivity contribution >= 4 is 17.6 Å². The van der Waals surface area contributed by atoms with Crippen LogP contribution in [0.3, 0.4) is 0 Å². The van der Waals surface area contributed by atoms with E-state index in [0.29, 0.717) is 17.4 Å². The van der Waals surface area contributed by atoms with Gasteiger partial charge >= 0.3 is 5.97 Å². The summed E-state index contributed by atoms with van der Waals surface area (Å²) < 4.78 is 10.0. The summed E-state index contributed by atoms with van der Waals surface area (Å²) in [5, 5.41) is 0.470. The standard InChI is InChI=1S/C13H18ClNO3/c1-3-17-13(16)8-18-12-5-4-10(6-9(2)15)7-11(12)14/h4-5,7,9H,3,6,8,15H2,1-2H3. The van der Waals surface area contributed by atoms with E-state index < -0.39 is 5.97 Å². The summed E-state index contributed by atoms with van der Waals surface area (Å²) in [5.74, 6) is 0.0615. The molecule has 1 rings (SSSR count). The summed E-state index contributed by atoms with van der Waals surface area (Å²) in [6.07, 6.45) is 0.748. The third kappa shape index (κ3) is 4.94. The fourth-order valence-electron chi connectivity index (χ4n) is 1.50. The highest BCUT2D eigenvalue weighted by Crippen LogP contribution is 2.25. The topological polar surface area (TPSA) is 61.5 Å². The van der Waals surface area contributed by atoms with Crippen LogP contribution in [0.15, 0.2) is 18.2 Å². The molecule has 2 N–H and O–H groups in total. The van der Waals surface area contributed by atoms with Crippen LogP contribution in [0.1, 0.15) is 19.4 Å². The van der Waals surface area contributed by atoms with E-state index in [1.165, 1.54) is 0 Å². The normalized spacial score (nSPS) is 12.0. The lowest BCUT2D eigenvalue weighted by Crippen LogP contribution is -2.17. The zero-order valence-electron chi connectivity index (χ0n) is 10.6. The smallest absolute Gasteiger partial charge is 0.344 e. The van der Waals surface area contributed by atoms with E-state index in [4.69, 9.17) is 26.8 Å². The van der Waals surface area contributed by atoms with Crippen LogP contribution in [0.2, 0.25) is 5.02 Å². The second-order valence-corrected chi connectivity index (χ2v) is 4.45. The molecule has 0 aliphatic heterocycles. The minimum atomic E-state index is -0.409. The van der Waals surface area contributed by atoms with Crippen molar-refractivity contribution in [2.75, 3.05) is 13.2 Å². The molecule has 18 heavy (non-hydrogen) atoms. The van der Waals surface area contributed by atoms with Crippen molar-refractivity contribution < 1.29 is 14.3 Å². The molecule has 4 nitrogen and oxygen atoms in total. The maximum absolute atomic E-state index is 11.1. The van der Waals surface area contributed by atoms with Gasteiger partial charge in [-0.15, -0.1) is 0 Å². The highest BCUT2D eigenvalue weighted by atomic mass is 35.5. The van der Waals surface area contributed by atoms with Crippen LogP contribution in [0, 0.1) is 0 Å². The van der Waals surface area contributed by atoms with Crippen molar-refractivity contribution in [3.05, 3.63) is 28.8 Å². The highest BCUT2D eigenvalue weighted by molar-refractivity contribution is 6.32. The first kappa shape index (κ1) is 14.8. The van der Waals surface area contributed by atoms with Gasteiger partial charge in [-0.2, -0.15) is 0 Å². The molecule has 0 spiro atoms. The highest BCUT2D eigenvalue weighted by Gasteiger charge is 2.08. The van der Waals surface area contributed by atoms with Gasteiger partial charge in [-0.3, -0.25) is 0 Å². The van der Waals surface area contributed by atoms with Gasteiger partial charge in [0.15, 0.2) is 6.61 Å². The van der Waals surface area contributed by atoms with E-state index in [2.05, 4.69) is 0 Å². The molecule has 100 valence electrons. The Bertz CT molecular complexity index is 407. The zero-order valence-corrected chi connectivity index (χ0v) is 11.4. The third-order valence-electron chi connectivity index (χ3n) is 2.20. The number of ether oxygens (including phenoxy) is 2. The third-order valence-corrected chi connectivity index (χ3v) is 2.50.